The number of nitrogens with one attached hydrogen (secondary N) is 1. The molecule has 0 saturated heterocycles. The normalized spacial score (nSPS) is 18.8. The van der Waals surface area contributed by atoms with Crippen LogP contribution in [0.3, 0.4) is 0 Å². The summed E-state index contributed by atoms with van der Waals surface area (Å²) in [5.74, 6) is 0. The molecule has 3 heteroatoms. The Morgan fingerprint density at radius 3 is 2.55 bits per heavy atom. The van der Waals surface area contributed by atoms with Gasteiger partial charge in [-0.1, -0.05) is 24.6 Å². The molecule has 0 aliphatic heterocycles. The number of hydrogen-bond donors (Lipinski definition) is 1. The zero-order valence-electron chi connectivity index (χ0n) is 12.4. The second kappa shape index (κ2) is 4.64. The van der Waals surface area contributed by atoms with Crippen LogP contribution in [0.2, 0.25) is 0 Å². The fourth-order valence-corrected chi connectivity index (χ4v) is 3.68. The molecule has 0 bridgehead atoms. The molecule has 3 nitrogen and oxygen atoms in total. The van der Waals surface area contributed by atoms with Crippen molar-refractivity contribution in [3.63, 3.8) is 0 Å². The van der Waals surface area contributed by atoms with E-state index in [0.717, 1.165) is 12.8 Å². The molecule has 1 fully saturated rings. The number of aromatic amines is 1. The van der Waals surface area contributed by atoms with E-state index in [0.29, 0.717) is 0 Å². The standard InChI is InChI=1S/C17H21N3/c1-12-15(13-7-4-5-8-14(13)19-12)16(20(2)3)17(11-18)9-6-10-17/h4-5,7-8,16,19H,6,9-10H2,1-3H3. The van der Waals surface area contributed by atoms with Gasteiger partial charge in [-0.2, -0.15) is 5.26 Å². The summed E-state index contributed by atoms with van der Waals surface area (Å²) in [6.45, 7) is 2.12. The van der Waals surface area contributed by atoms with Gasteiger partial charge in [0.15, 0.2) is 0 Å². The van der Waals surface area contributed by atoms with Crippen LogP contribution in [0.25, 0.3) is 10.9 Å². The van der Waals surface area contributed by atoms with Crippen molar-refractivity contribution >= 4 is 10.9 Å². The van der Waals surface area contributed by atoms with E-state index < -0.39 is 0 Å². The number of hydrogen-bond acceptors (Lipinski definition) is 2. The number of rotatable bonds is 3. The van der Waals surface area contributed by atoms with Gasteiger partial charge < -0.3 is 9.88 Å². The maximum Gasteiger partial charge on any atom is 0.0771 e. The molecule has 1 saturated carbocycles. The summed E-state index contributed by atoms with van der Waals surface area (Å²) < 4.78 is 0. The van der Waals surface area contributed by atoms with E-state index in [-0.39, 0.29) is 11.5 Å². The van der Waals surface area contributed by atoms with E-state index in [9.17, 15) is 5.26 Å². The molecule has 1 N–H and O–H groups in total. The van der Waals surface area contributed by atoms with E-state index in [2.05, 4.69) is 61.2 Å². The van der Waals surface area contributed by atoms with Crippen molar-refractivity contribution in [3.8, 4) is 6.07 Å². The first-order chi connectivity index (χ1) is 9.59. The zero-order valence-corrected chi connectivity index (χ0v) is 12.4. The van der Waals surface area contributed by atoms with Gasteiger partial charge in [0.1, 0.15) is 0 Å². The van der Waals surface area contributed by atoms with Crippen LogP contribution in [0.15, 0.2) is 24.3 Å². The summed E-state index contributed by atoms with van der Waals surface area (Å²) in [7, 11) is 4.17. The van der Waals surface area contributed by atoms with Crippen molar-refractivity contribution in [2.24, 2.45) is 5.41 Å². The van der Waals surface area contributed by atoms with Gasteiger partial charge in [-0.25, -0.2) is 0 Å². The Kier molecular flexibility index (Phi) is 3.07. The largest absolute Gasteiger partial charge is 0.358 e. The van der Waals surface area contributed by atoms with E-state index in [4.69, 9.17) is 0 Å². The highest BCUT2D eigenvalue weighted by molar-refractivity contribution is 5.85. The molecule has 2 aromatic rings. The van der Waals surface area contributed by atoms with E-state index in [1.165, 1.54) is 28.6 Å². The number of fused-ring (bicyclic) bond motifs is 1. The third-order valence-corrected chi connectivity index (χ3v) is 4.73. The number of H-pyrrole nitrogens is 1. The predicted octanol–water partition coefficient (Wildman–Crippen LogP) is 3.77. The highest BCUT2D eigenvalue weighted by atomic mass is 15.1. The Morgan fingerprint density at radius 1 is 1.30 bits per heavy atom. The number of nitriles is 1. The van der Waals surface area contributed by atoms with Crippen LogP contribution in [-0.4, -0.2) is 24.0 Å². The fourth-order valence-electron chi connectivity index (χ4n) is 3.68. The molecule has 0 radical (unpaired) electrons. The van der Waals surface area contributed by atoms with Crippen LogP contribution >= 0.6 is 0 Å². The van der Waals surface area contributed by atoms with Crippen molar-refractivity contribution in [3.05, 3.63) is 35.5 Å². The molecule has 3 rings (SSSR count). The molecule has 1 aliphatic carbocycles. The highest BCUT2D eigenvalue weighted by Gasteiger charge is 2.47. The summed E-state index contributed by atoms with van der Waals surface area (Å²) in [5, 5.41) is 11.0. The third-order valence-electron chi connectivity index (χ3n) is 4.73. The molecule has 1 unspecified atom stereocenters. The second-order valence-electron chi connectivity index (χ2n) is 6.20. The molecule has 104 valence electrons. The Labute approximate surface area is 120 Å². The zero-order chi connectivity index (χ0) is 14.3. The van der Waals surface area contributed by atoms with Crippen molar-refractivity contribution in [1.82, 2.24) is 9.88 Å². The molecule has 1 aliphatic rings. The smallest absolute Gasteiger partial charge is 0.0771 e. The molecule has 1 atom stereocenters. The van der Waals surface area contributed by atoms with Crippen LogP contribution in [0.4, 0.5) is 0 Å². The average molecular weight is 267 g/mol. The molecule has 0 amide bonds. The lowest BCUT2D eigenvalue weighted by Crippen LogP contribution is -2.41. The van der Waals surface area contributed by atoms with Crippen molar-refractivity contribution in [2.45, 2.75) is 32.2 Å². The minimum atomic E-state index is -0.223. The summed E-state index contributed by atoms with van der Waals surface area (Å²) in [6.07, 6.45) is 3.18. The van der Waals surface area contributed by atoms with Gasteiger partial charge >= 0.3 is 0 Å². The number of para-hydroxylation sites is 1. The molecule has 1 aromatic carbocycles. The van der Waals surface area contributed by atoms with E-state index in [1.54, 1.807) is 0 Å². The SMILES string of the molecule is Cc1[nH]c2ccccc2c1C(N(C)C)C1(C#N)CCC1. The van der Waals surface area contributed by atoms with Crippen LogP contribution in [-0.2, 0) is 0 Å². The number of aryl methyl sites for hydroxylation is 1. The fraction of sp³-hybridized carbons (Fsp3) is 0.471. The maximum absolute atomic E-state index is 9.73. The van der Waals surface area contributed by atoms with Gasteiger partial charge in [0.05, 0.1) is 17.5 Å². The first-order valence-electron chi connectivity index (χ1n) is 7.24. The van der Waals surface area contributed by atoms with Gasteiger partial charge in [-0.15, -0.1) is 0 Å². The number of nitrogens with zero attached hydrogens (tertiary/aromatic N) is 2. The van der Waals surface area contributed by atoms with E-state index >= 15 is 0 Å². The van der Waals surface area contributed by atoms with Crippen molar-refractivity contribution in [1.29, 1.82) is 5.26 Å². The summed E-state index contributed by atoms with van der Waals surface area (Å²) in [5.41, 5.74) is 3.43. The van der Waals surface area contributed by atoms with E-state index in [1.807, 2.05) is 0 Å². The molecule has 1 aromatic heterocycles. The van der Waals surface area contributed by atoms with Crippen LogP contribution in [0, 0.1) is 23.7 Å². The van der Waals surface area contributed by atoms with Crippen molar-refractivity contribution in [2.75, 3.05) is 14.1 Å². The second-order valence-corrected chi connectivity index (χ2v) is 6.20. The van der Waals surface area contributed by atoms with Gasteiger partial charge in [-0.3, -0.25) is 0 Å². The highest BCUT2D eigenvalue weighted by Crippen LogP contribution is 2.53. The summed E-state index contributed by atoms with van der Waals surface area (Å²) >= 11 is 0. The van der Waals surface area contributed by atoms with Gasteiger partial charge in [-0.05, 0) is 45.5 Å². The third kappa shape index (κ3) is 1.76. The van der Waals surface area contributed by atoms with Crippen LogP contribution < -0.4 is 0 Å². The molecule has 1 heterocycles. The van der Waals surface area contributed by atoms with Gasteiger partial charge in [0, 0.05) is 16.6 Å². The lowest BCUT2D eigenvalue weighted by molar-refractivity contribution is 0.0754. The quantitative estimate of drug-likeness (QED) is 0.919. The average Bonchev–Trinajstić information content (AvgIpc) is 2.69. The van der Waals surface area contributed by atoms with Crippen LogP contribution in [0.5, 0.6) is 0 Å². The molecule has 0 spiro atoms. The topological polar surface area (TPSA) is 42.8 Å². The predicted molar refractivity (Wildman–Crippen MR) is 81.4 cm³/mol. The van der Waals surface area contributed by atoms with Crippen molar-refractivity contribution < 1.29 is 0 Å². The maximum atomic E-state index is 9.73. The summed E-state index contributed by atoms with van der Waals surface area (Å²) in [4.78, 5) is 5.68. The number of aromatic nitrogens is 1. The summed E-state index contributed by atoms with van der Waals surface area (Å²) in [6, 6.07) is 11.2. The Bertz CT molecular complexity index is 671. The Balaban J connectivity index is 2.21. The lowest BCUT2D eigenvalue weighted by Gasteiger charge is -2.45. The Morgan fingerprint density at radius 2 is 2.00 bits per heavy atom. The first-order valence-corrected chi connectivity index (χ1v) is 7.24. The van der Waals surface area contributed by atoms with Gasteiger partial charge in [0.25, 0.3) is 0 Å². The molecular weight excluding hydrogens is 246 g/mol. The molecular formula is C17H21N3. The molecule has 20 heavy (non-hydrogen) atoms. The number of benzene rings is 1. The minimum absolute atomic E-state index is 0.164. The van der Waals surface area contributed by atoms with Crippen LogP contribution in [0.1, 0.15) is 36.6 Å². The first kappa shape index (κ1) is 13.2. The minimum Gasteiger partial charge on any atom is -0.358 e. The Hall–Kier alpha value is -1.79. The lowest BCUT2D eigenvalue weighted by atomic mass is 9.62. The van der Waals surface area contributed by atoms with Gasteiger partial charge in [0.2, 0.25) is 0 Å². The monoisotopic (exact) mass is 267 g/mol.